The van der Waals surface area contributed by atoms with Gasteiger partial charge >= 0.3 is 0 Å². The minimum absolute atomic E-state index is 0.469. The summed E-state index contributed by atoms with van der Waals surface area (Å²) >= 11 is 0. The standard InChI is InChI=1S/C18H37N3/c1-5-18(6-2,14-19-13-16(3)4)15-20-9-11-21(12-10-20)17-7-8-17/h16-17,19H,5-15H2,1-4H3. The lowest BCUT2D eigenvalue weighted by atomic mass is 9.81. The molecular formula is C18H37N3. The van der Waals surface area contributed by atoms with Gasteiger partial charge in [0.2, 0.25) is 0 Å². The normalized spacial score (nSPS) is 22.1. The van der Waals surface area contributed by atoms with E-state index >= 15 is 0 Å². The first-order chi connectivity index (χ1) is 10.1. The van der Waals surface area contributed by atoms with Crippen LogP contribution in [0.25, 0.3) is 0 Å². The van der Waals surface area contributed by atoms with Crippen molar-refractivity contribution in [3.63, 3.8) is 0 Å². The van der Waals surface area contributed by atoms with E-state index in [1.54, 1.807) is 0 Å². The van der Waals surface area contributed by atoms with E-state index in [0.29, 0.717) is 5.41 Å². The van der Waals surface area contributed by atoms with Crippen molar-refractivity contribution in [3.8, 4) is 0 Å². The topological polar surface area (TPSA) is 18.5 Å². The van der Waals surface area contributed by atoms with E-state index in [0.717, 1.165) is 18.5 Å². The maximum absolute atomic E-state index is 3.72. The van der Waals surface area contributed by atoms with Crippen LogP contribution in [0.2, 0.25) is 0 Å². The Morgan fingerprint density at radius 1 is 1.05 bits per heavy atom. The quantitative estimate of drug-likeness (QED) is 0.706. The van der Waals surface area contributed by atoms with Gasteiger partial charge in [0.05, 0.1) is 0 Å². The maximum Gasteiger partial charge on any atom is 0.0113 e. The fourth-order valence-electron chi connectivity index (χ4n) is 3.61. The summed E-state index contributed by atoms with van der Waals surface area (Å²) in [4.78, 5) is 5.44. The first-order valence-corrected chi connectivity index (χ1v) is 9.25. The molecule has 3 nitrogen and oxygen atoms in total. The Balaban J connectivity index is 1.78. The van der Waals surface area contributed by atoms with Gasteiger partial charge in [-0.3, -0.25) is 4.90 Å². The van der Waals surface area contributed by atoms with Crippen molar-refractivity contribution >= 4 is 0 Å². The Bertz CT molecular complexity index is 287. The van der Waals surface area contributed by atoms with Gasteiger partial charge in [0.1, 0.15) is 0 Å². The molecule has 1 aliphatic carbocycles. The van der Waals surface area contributed by atoms with E-state index in [9.17, 15) is 0 Å². The monoisotopic (exact) mass is 295 g/mol. The minimum atomic E-state index is 0.469. The summed E-state index contributed by atoms with van der Waals surface area (Å²) in [7, 11) is 0. The summed E-state index contributed by atoms with van der Waals surface area (Å²) in [6.45, 7) is 18.1. The summed E-state index contributed by atoms with van der Waals surface area (Å²) in [5.41, 5.74) is 0.469. The Hall–Kier alpha value is -0.120. The number of hydrogen-bond acceptors (Lipinski definition) is 3. The Morgan fingerprint density at radius 2 is 1.67 bits per heavy atom. The molecule has 0 spiro atoms. The van der Waals surface area contributed by atoms with Crippen molar-refractivity contribution in [2.24, 2.45) is 11.3 Å². The fourth-order valence-corrected chi connectivity index (χ4v) is 3.61. The molecule has 0 aromatic carbocycles. The van der Waals surface area contributed by atoms with Gasteiger partial charge < -0.3 is 10.2 Å². The molecular weight excluding hydrogens is 258 g/mol. The molecule has 0 unspecified atom stereocenters. The summed E-state index contributed by atoms with van der Waals surface area (Å²) in [6.07, 6.45) is 5.48. The third kappa shape index (κ3) is 5.22. The maximum atomic E-state index is 3.72. The first kappa shape index (κ1) is 17.2. The van der Waals surface area contributed by atoms with Crippen LogP contribution < -0.4 is 5.32 Å². The van der Waals surface area contributed by atoms with Crippen molar-refractivity contribution in [2.45, 2.75) is 59.4 Å². The van der Waals surface area contributed by atoms with Crippen LogP contribution in [-0.4, -0.2) is 61.7 Å². The van der Waals surface area contributed by atoms with Gasteiger partial charge in [-0.05, 0) is 43.6 Å². The summed E-state index contributed by atoms with van der Waals surface area (Å²) in [6, 6.07) is 0.946. The molecule has 1 aliphatic heterocycles. The van der Waals surface area contributed by atoms with Crippen LogP contribution in [0.4, 0.5) is 0 Å². The molecule has 124 valence electrons. The molecule has 2 fully saturated rings. The third-order valence-corrected chi connectivity index (χ3v) is 5.58. The number of nitrogens with one attached hydrogen (secondary N) is 1. The van der Waals surface area contributed by atoms with Crippen molar-refractivity contribution in [3.05, 3.63) is 0 Å². The van der Waals surface area contributed by atoms with E-state index in [-0.39, 0.29) is 0 Å². The number of piperazine rings is 1. The van der Waals surface area contributed by atoms with Crippen molar-refractivity contribution in [2.75, 3.05) is 45.8 Å². The van der Waals surface area contributed by atoms with Gasteiger partial charge in [0.15, 0.2) is 0 Å². The molecule has 1 saturated carbocycles. The van der Waals surface area contributed by atoms with Crippen molar-refractivity contribution in [1.29, 1.82) is 0 Å². The van der Waals surface area contributed by atoms with Crippen LogP contribution in [-0.2, 0) is 0 Å². The highest BCUT2D eigenvalue weighted by molar-refractivity contribution is 4.90. The molecule has 0 radical (unpaired) electrons. The summed E-state index contributed by atoms with van der Waals surface area (Å²) < 4.78 is 0. The molecule has 1 N–H and O–H groups in total. The van der Waals surface area contributed by atoms with E-state index in [1.165, 1.54) is 65.0 Å². The molecule has 1 saturated heterocycles. The average Bonchev–Trinajstić information content (AvgIpc) is 3.31. The van der Waals surface area contributed by atoms with Gasteiger partial charge in [-0.15, -0.1) is 0 Å². The van der Waals surface area contributed by atoms with Gasteiger partial charge in [-0.2, -0.15) is 0 Å². The molecule has 2 aliphatic rings. The van der Waals surface area contributed by atoms with Gasteiger partial charge in [0, 0.05) is 45.3 Å². The molecule has 2 rings (SSSR count). The first-order valence-electron chi connectivity index (χ1n) is 9.25. The SMILES string of the molecule is CCC(CC)(CNCC(C)C)CN1CCN(C2CC2)CC1. The second-order valence-electron chi connectivity index (χ2n) is 7.78. The predicted molar refractivity (Wildman–Crippen MR) is 91.8 cm³/mol. The van der Waals surface area contributed by atoms with Gasteiger partial charge in [-0.25, -0.2) is 0 Å². The summed E-state index contributed by atoms with van der Waals surface area (Å²) in [5.74, 6) is 0.749. The van der Waals surface area contributed by atoms with Gasteiger partial charge in [-0.1, -0.05) is 27.7 Å². The molecule has 21 heavy (non-hydrogen) atoms. The lowest BCUT2D eigenvalue weighted by Crippen LogP contribution is -2.52. The Labute approximate surface area is 132 Å². The smallest absolute Gasteiger partial charge is 0.0113 e. The van der Waals surface area contributed by atoms with E-state index in [4.69, 9.17) is 0 Å². The number of hydrogen-bond donors (Lipinski definition) is 1. The Morgan fingerprint density at radius 3 is 2.14 bits per heavy atom. The fraction of sp³-hybridized carbons (Fsp3) is 1.00. The second-order valence-corrected chi connectivity index (χ2v) is 7.78. The lowest BCUT2D eigenvalue weighted by molar-refractivity contribution is 0.0748. The third-order valence-electron chi connectivity index (χ3n) is 5.58. The molecule has 0 amide bonds. The molecule has 3 heteroatoms. The second kappa shape index (κ2) is 7.94. The lowest BCUT2D eigenvalue weighted by Gasteiger charge is -2.41. The predicted octanol–water partition coefficient (Wildman–Crippen LogP) is 2.82. The van der Waals surface area contributed by atoms with E-state index in [1.807, 2.05) is 0 Å². The highest BCUT2D eigenvalue weighted by atomic mass is 15.3. The zero-order valence-electron chi connectivity index (χ0n) is 14.8. The molecule has 0 aromatic heterocycles. The minimum Gasteiger partial charge on any atom is -0.316 e. The van der Waals surface area contributed by atoms with Crippen LogP contribution in [0.1, 0.15) is 53.4 Å². The largest absolute Gasteiger partial charge is 0.316 e. The van der Waals surface area contributed by atoms with E-state index < -0.39 is 0 Å². The van der Waals surface area contributed by atoms with Crippen molar-refractivity contribution < 1.29 is 0 Å². The molecule has 0 aromatic rings. The van der Waals surface area contributed by atoms with Crippen LogP contribution in [0.15, 0.2) is 0 Å². The zero-order valence-corrected chi connectivity index (χ0v) is 14.8. The molecule has 1 heterocycles. The van der Waals surface area contributed by atoms with Gasteiger partial charge in [0.25, 0.3) is 0 Å². The van der Waals surface area contributed by atoms with Crippen molar-refractivity contribution in [1.82, 2.24) is 15.1 Å². The Kier molecular flexibility index (Phi) is 6.51. The number of rotatable bonds is 9. The molecule has 0 bridgehead atoms. The van der Waals surface area contributed by atoms with Crippen LogP contribution in [0.5, 0.6) is 0 Å². The average molecular weight is 296 g/mol. The van der Waals surface area contributed by atoms with Crippen LogP contribution in [0, 0.1) is 11.3 Å². The van der Waals surface area contributed by atoms with Crippen LogP contribution >= 0.6 is 0 Å². The number of nitrogens with zero attached hydrogens (tertiary/aromatic N) is 2. The highest BCUT2D eigenvalue weighted by Crippen LogP contribution is 2.30. The van der Waals surface area contributed by atoms with Crippen LogP contribution in [0.3, 0.4) is 0 Å². The summed E-state index contributed by atoms with van der Waals surface area (Å²) in [5, 5.41) is 3.72. The van der Waals surface area contributed by atoms with E-state index in [2.05, 4.69) is 42.8 Å². The zero-order chi connectivity index (χ0) is 15.3. The molecule has 0 atom stereocenters. The highest BCUT2D eigenvalue weighted by Gasteiger charge is 2.34.